The second-order valence-electron chi connectivity index (χ2n) is 3.22. The molecule has 1 amide bonds. The molecule has 0 aliphatic rings. The second kappa shape index (κ2) is 4.92. The van der Waals surface area contributed by atoms with Crippen LogP contribution >= 0.6 is 33.9 Å². The molecule has 2 aromatic rings. The summed E-state index contributed by atoms with van der Waals surface area (Å²) in [5.74, 6) is -0.200. The van der Waals surface area contributed by atoms with Crippen LogP contribution in [0.2, 0.25) is 0 Å². The van der Waals surface area contributed by atoms with E-state index in [9.17, 15) is 4.79 Å². The van der Waals surface area contributed by atoms with E-state index in [1.807, 2.05) is 35.3 Å². The summed E-state index contributed by atoms with van der Waals surface area (Å²) in [6.07, 6.45) is 1.88. The molecular formula is C11H9IN2OS. The Morgan fingerprint density at radius 2 is 2.06 bits per heavy atom. The predicted molar refractivity (Wildman–Crippen MR) is 72.3 cm³/mol. The Kier molecular flexibility index (Phi) is 3.55. The third kappa shape index (κ3) is 2.59. The van der Waals surface area contributed by atoms with Gasteiger partial charge in [0.05, 0.1) is 0 Å². The van der Waals surface area contributed by atoms with Crippen molar-refractivity contribution in [3.8, 4) is 0 Å². The van der Waals surface area contributed by atoms with Gasteiger partial charge in [0.1, 0.15) is 0 Å². The third-order valence-corrected chi connectivity index (χ3v) is 3.62. The molecule has 1 aromatic carbocycles. The lowest BCUT2D eigenvalue weighted by Crippen LogP contribution is -2.12. The zero-order valence-corrected chi connectivity index (χ0v) is 11.5. The van der Waals surface area contributed by atoms with Crippen molar-refractivity contribution in [1.29, 1.82) is 0 Å². The van der Waals surface area contributed by atoms with Gasteiger partial charge in [0.15, 0.2) is 4.80 Å². The van der Waals surface area contributed by atoms with Crippen LogP contribution in [0, 0.1) is 3.57 Å². The second-order valence-corrected chi connectivity index (χ2v) is 5.34. The van der Waals surface area contributed by atoms with Gasteiger partial charge in [0.2, 0.25) is 0 Å². The van der Waals surface area contributed by atoms with E-state index in [-0.39, 0.29) is 5.91 Å². The number of rotatable bonds is 1. The van der Waals surface area contributed by atoms with Crippen LogP contribution in [0.4, 0.5) is 0 Å². The van der Waals surface area contributed by atoms with Gasteiger partial charge in [-0.05, 0) is 46.9 Å². The minimum atomic E-state index is -0.200. The van der Waals surface area contributed by atoms with Gasteiger partial charge in [-0.25, -0.2) is 0 Å². The zero-order valence-electron chi connectivity index (χ0n) is 8.55. The fourth-order valence-corrected chi connectivity index (χ4v) is 2.27. The van der Waals surface area contributed by atoms with E-state index in [0.29, 0.717) is 10.4 Å². The summed E-state index contributed by atoms with van der Waals surface area (Å²) >= 11 is 3.65. The number of benzene rings is 1. The van der Waals surface area contributed by atoms with Crippen LogP contribution in [0.25, 0.3) is 0 Å². The van der Waals surface area contributed by atoms with Gasteiger partial charge in [-0.3, -0.25) is 4.79 Å². The quantitative estimate of drug-likeness (QED) is 0.732. The summed E-state index contributed by atoms with van der Waals surface area (Å²) in [5.41, 5.74) is 0.619. The van der Waals surface area contributed by atoms with E-state index < -0.39 is 0 Å². The normalized spacial score (nSPS) is 11.8. The summed E-state index contributed by atoms with van der Waals surface area (Å²) in [5, 5.41) is 1.90. The number of carbonyl (C=O) groups excluding carboxylic acids is 1. The maximum absolute atomic E-state index is 11.8. The van der Waals surface area contributed by atoms with E-state index >= 15 is 0 Å². The molecule has 0 N–H and O–H groups in total. The molecule has 0 bridgehead atoms. The Morgan fingerprint density at radius 3 is 2.62 bits per heavy atom. The highest BCUT2D eigenvalue weighted by Gasteiger charge is 2.03. The topological polar surface area (TPSA) is 34.4 Å². The molecule has 16 heavy (non-hydrogen) atoms. The maximum atomic E-state index is 11.8. The zero-order chi connectivity index (χ0) is 11.5. The number of aryl methyl sites for hydroxylation is 1. The lowest BCUT2D eigenvalue weighted by Gasteiger charge is -1.95. The minimum Gasteiger partial charge on any atom is -0.327 e. The Labute approximate surface area is 111 Å². The van der Waals surface area contributed by atoms with Crippen molar-refractivity contribution in [3.05, 3.63) is 49.8 Å². The Morgan fingerprint density at radius 1 is 1.38 bits per heavy atom. The van der Waals surface area contributed by atoms with Crippen LogP contribution in [0.5, 0.6) is 0 Å². The Balaban J connectivity index is 2.34. The van der Waals surface area contributed by atoms with Gasteiger partial charge in [0, 0.05) is 27.8 Å². The first-order valence-electron chi connectivity index (χ1n) is 4.61. The summed E-state index contributed by atoms with van der Waals surface area (Å²) in [7, 11) is 1.87. The van der Waals surface area contributed by atoms with Gasteiger partial charge in [-0.15, -0.1) is 11.3 Å². The number of amides is 1. The highest BCUT2D eigenvalue weighted by atomic mass is 127. The van der Waals surface area contributed by atoms with Gasteiger partial charge in [-0.1, -0.05) is 0 Å². The van der Waals surface area contributed by atoms with E-state index in [4.69, 9.17) is 0 Å². The summed E-state index contributed by atoms with van der Waals surface area (Å²) in [4.78, 5) is 16.6. The third-order valence-electron chi connectivity index (χ3n) is 2.05. The molecule has 2 rings (SSSR count). The van der Waals surface area contributed by atoms with Crippen molar-refractivity contribution in [2.45, 2.75) is 0 Å². The maximum Gasteiger partial charge on any atom is 0.279 e. The molecule has 0 saturated carbocycles. The molecule has 0 saturated heterocycles. The van der Waals surface area contributed by atoms with Crippen LogP contribution < -0.4 is 4.80 Å². The average molecular weight is 344 g/mol. The first-order valence-corrected chi connectivity index (χ1v) is 6.57. The van der Waals surface area contributed by atoms with Gasteiger partial charge in [-0.2, -0.15) is 4.99 Å². The average Bonchev–Trinajstić information content (AvgIpc) is 2.65. The predicted octanol–water partition coefficient (Wildman–Crippen LogP) is 2.43. The SMILES string of the molecule is Cn1ccsc1=NC(=O)c1ccc(I)cc1. The molecule has 0 unspecified atom stereocenters. The number of nitrogens with zero attached hydrogens (tertiary/aromatic N) is 2. The first-order chi connectivity index (χ1) is 7.66. The van der Waals surface area contributed by atoms with Crippen LogP contribution in [-0.2, 0) is 7.05 Å². The van der Waals surface area contributed by atoms with Crippen LogP contribution in [-0.4, -0.2) is 10.5 Å². The molecule has 5 heteroatoms. The molecule has 1 aromatic heterocycles. The standard InChI is InChI=1S/C11H9IN2OS/c1-14-6-7-16-11(14)13-10(15)8-2-4-9(12)5-3-8/h2-7H,1H3. The van der Waals surface area contributed by atoms with E-state index in [1.165, 1.54) is 11.3 Å². The highest BCUT2D eigenvalue weighted by molar-refractivity contribution is 14.1. The van der Waals surface area contributed by atoms with Gasteiger partial charge in [0.25, 0.3) is 5.91 Å². The van der Waals surface area contributed by atoms with Crippen molar-refractivity contribution >= 4 is 39.8 Å². The molecule has 82 valence electrons. The lowest BCUT2D eigenvalue weighted by molar-refractivity contribution is 0.0998. The monoisotopic (exact) mass is 344 g/mol. The summed E-state index contributed by atoms with van der Waals surface area (Å²) in [6, 6.07) is 7.39. The number of hydrogen-bond donors (Lipinski definition) is 0. The van der Waals surface area contributed by atoms with Gasteiger partial charge >= 0.3 is 0 Å². The summed E-state index contributed by atoms with van der Waals surface area (Å²) < 4.78 is 2.94. The molecule has 0 fully saturated rings. The Hall–Kier alpha value is -0.950. The number of halogens is 1. The highest BCUT2D eigenvalue weighted by Crippen LogP contribution is 2.07. The molecule has 0 radical (unpaired) electrons. The Bertz CT molecular complexity index is 568. The van der Waals surface area contributed by atoms with Crippen LogP contribution in [0.15, 0.2) is 40.8 Å². The molecule has 0 aliphatic heterocycles. The number of carbonyl (C=O) groups is 1. The largest absolute Gasteiger partial charge is 0.327 e. The van der Waals surface area contributed by atoms with Crippen molar-refractivity contribution in [2.75, 3.05) is 0 Å². The van der Waals surface area contributed by atoms with Crippen molar-refractivity contribution in [1.82, 2.24) is 4.57 Å². The van der Waals surface area contributed by atoms with E-state index in [1.54, 1.807) is 12.1 Å². The molecular weight excluding hydrogens is 335 g/mol. The smallest absolute Gasteiger partial charge is 0.279 e. The molecule has 3 nitrogen and oxygen atoms in total. The molecule has 0 atom stereocenters. The first kappa shape index (κ1) is 11.5. The number of thiazole rings is 1. The van der Waals surface area contributed by atoms with Crippen LogP contribution in [0.3, 0.4) is 0 Å². The molecule has 0 spiro atoms. The molecule has 0 aliphatic carbocycles. The van der Waals surface area contributed by atoms with Crippen molar-refractivity contribution in [2.24, 2.45) is 12.0 Å². The molecule has 1 heterocycles. The van der Waals surface area contributed by atoms with E-state index in [0.717, 1.165) is 3.57 Å². The van der Waals surface area contributed by atoms with E-state index in [2.05, 4.69) is 27.6 Å². The minimum absolute atomic E-state index is 0.200. The summed E-state index contributed by atoms with van der Waals surface area (Å²) in [6.45, 7) is 0. The van der Waals surface area contributed by atoms with Gasteiger partial charge < -0.3 is 4.57 Å². The number of aromatic nitrogens is 1. The number of hydrogen-bond acceptors (Lipinski definition) is 2. The lowest BCUT2D eigenvalue weighted by atomic mass is 10.2. The van der Waals surface area contributed by atoms with Crippen LogP contribution in [0.1, 0.15) is 10.4 Å². The van der Waals surface area contributed by atoms with Crippen molar-refractivity contribution in [3.63, 3.8) is 0 Å². The fourth-order valence-electron chi connectivity index (χ4n) is 1.18. The fraction of sp³-hybridized carbons (Fsp3) is 0.0909. The van der Waals surface area contributed by atoms with Crippen molar-refractivity contribution < 1.29 is 4.79 Å².